The smallest absolute Gasteiger partial charge is 0.0203 e. The molecule has 0 saturated carbocycles. The summed E-state index contributed by atoms with van der Waals surface area (Å²) in [7, 11) is 9.18. The lowest BCUT2D eigenvalue weighted by molar-refractivity contribution is 0.104. The van der Waals surface area contributed by atoms with Crippen LogP contribution < -0.4 is 0 Å². The van der Waals surface area contributed by atoms with E-state index < -0.39 is 0 Å². The van der Waals surface area contributed by atoms with Gasteiger partial charge in [-0.05, 0) is 60.4 Å². The van der Waals surface area contributed by atoms with Crippen LogP contribution in [-0.4, -0.2) is 50.1 Å². The predicted molar refractivity (Wildman–Crippen MR) is 197 cm³/mol. The second-order valence-corrected chi connectivity index (χ2v) is 12.6. The highest BCUT2D eigenvalue weighted by molar-refractivity contribution is 14.0. The zero-order valence-electron chi connectivity index (χ0n) is 27.3. The van der Waals surface area contributed by atoms with Gasteiger partial charge in [0.05, 0.1) is 0 Å². The fourth-order valence-corrected chi connectivity index (χ4v) is 5.99. The monoisotopic (exact) mass is 764 g/mol. The zero-order valence-corrected chi connectivity index (χ0v) is 32.0. The molecule has 0 aliphatic heterocycles. The van der Waals surface area contributed by atoms with Gasteiger partial charge in [-0.3, -0.25) is 0 Å². The van der Waals surface area contributed by atoms with E-state index >= 15 is 0 Å². The molecular weight excluding hydrogens is 690 g/mol. The first-order valence-corrected chi connectivity index (χ1v) is 16.8. The van der Waals surface area contributed by atoms with E-state index in [1.165, 1.54) is 173 Å². The maximum atomic E-state index is 2.64. The highest BCUT2D eigenvalue weighted by Crippen LogP contribution is 2.33. The third-order valence-electron chi connectivity index (χ3n) is 8.69. The first-order valence-electron chi connectivity index (χ1n) is 16.8. The summed E-state index contributed by atoms with van der Waals surface area (Å²) in [6, 6.07) is 0. The van der Waals surface area contributed by atoms with Crippen LogP contribution in [0.4, 0.5) is 0 Å². The van der Waals surface area contributed by atoms with Gasteiger partial charge in [0, 0.05) is 5.54 Å². The fraction of sp³-hybridized carbons (Fsp3) is 1.00. The average molecular weight is 765 g/mol. The Kier molecular flexibility index (Phi) is 37.9. The van der Waals surface area contributed by atoms with Gasteiger partial charge in [0.2, 0.25) is 0 Å². The summed E-state index contributed by atoms with van der Waals surface area (Å²) in [6.45, 7) is 5.87. The van der Waals surface area contributed by atoms with Crippen molar-refractivity contribution in [3.63, 3.8) is 0 Å². The minimum Gasteiger partial charge on any atom is -0.309 e. The van der Waals surface area contributed by atoms with Crippen LogP contribution in [0.25, 0.3) is 0 Å². The maximum absolute atomic E-state index is 2.64. The van der Waals surface area contributed by atoms with Crippen molar-refractivity contribution < 1.29 is 0 Å². The molecule has 0 bridgehead atoms. The van der Waals surface area contributed by atoms with Crippen LogP contribution in [0.15, 0.2) is 0 Å². The van der Waals surface area contributed by atoms with Crippen LogP contribution in [0.3, 0.4) is 0 Å². The van der Waals surface area contributed by atoms with Crippen molar-refractivity contribution in [3.8, 4) is 0 Å². The number of hydrogen-bond acceptors (Lipinski definition) is 2. The topological polar surface area (TPSA) is 6.48 Å². The van der Waals surface area contributed by atoms with Crippen LogP contribution in [0.2, 0.25) is 0 Å². The van der Waals surface area contributed by atoms with Crippen molar-refractivity contribution in [3.05, 3.63) is 0 Å². The lowest BCUT2D eigenvalue weighted by Crippen LogP contribution is -2.44. The summed E-state index contributed by atoms with van der Waals surface area (Å²) in [6.07, 6.45) is 37.3. The molecule has 0 aromatic carbocycles. The Morgan fingerprint density at radius 1 is 0.368 bits per heavy atom. The SMILES string of the molecule is CCCCCCCCCCCCC(CCCCCCCCCCCC)(CCCCCN(C)C)N(C)C.I.I. The van der Waals surface area contributed by atoms with Gasteiger partial charge in [0.15, 0.2) is 0 Å². The molecule has 0 aliphatic rings. The fourth-order valence-electron chi connectivity index (χ4n) is 5.99. The first kappa shape index (κ1) is 43.8. The lowest BCUT2D eigenvalue weighted by atomic mass is 9.80. The molecule has 0 saturated heterocycles. The molecule has 0 amide bonds. The second-order valence-electron chi connectivity index (χ2n) is 12.6. The van der Waals surface area contributed by atoms with Crippen LogP contribution in [0, 0.1) is 0 Å². The number of halogens is 2. The normalized spacial score (nSPS) is 11.7. The maximum Gasteiger partial charge on any atom is 0.0203 e. The number of rotatable bonds is 29. The van der Waals surface area contributed by atoms with Crippen molar-refractivity contribution in [2.24, 2.45) is 0 Å². The molecule has 234 valence electrons. The minimum absolute atomic E-state index is 0. The molecule has 0 N–H and O–H groups in total. The van der Waals surface area contributed by atoms with Gasteiger partial charge >= 0.3 is 0 Å². The van der Waals surface area contributed by atoms with Gasteiger partial charge in [-0.1, -0.05) is 155 Å². The van der Waals surface area contributed by atoms with Gasteiger partial charge in [-0.15, -0.1) is 48.0 Å². The van der Waals surface area contributed by atoms with Crippen molar-refractivity contribution in [2.45, 2.75) is 186 Å². The van der Waals surface area contributed by atoms with E-state index in [9.17, 15) is 0 Å². The highest BCUT2D eigenvalue weighted by atomic mass is 127. The van der Waals surface area contributed by atoms with Gasteiger partial charge in [-0.2, -0.15) is 0 Å². The standard InChI is InChI=1S/C34H72N2.2HI/c1-7-9-11-13-15-17-19-21-23-26-30-34(36(5)6,32-28-25-29-33-35(3)4)31-27-24-22-20-18-16-14-12-10-8-2;;/h7-33H2,1-6H3;2*1H. The molecule has 0 spiro atoms. The molecule has 0 radical (unpaired) electrons. The largest absolute Gasteiger partial charge is 0.309 e. The minimum atomic E-state index is 0. The Balaban J connectivity index is -0.00000612. The first-order chi connectivity index (χ1) is 17.5. The van der Waals surface area contributed by atoms with Crippen molar-refractivity contribution in [2.75, 3.05) is 34.7 Å². The summed E-state index contributed by atoms with van der Waals surface area (Å²) in [5, 5.41) is 0. The van der Waals surface area contributed by atoms with Crippen LogP contribution >= 0.6 is 48.0 Å². The Bertz CT molecular complexity index is 405. The quantitative estimate of drug-likeness (QED) is 0.0553. The third-order valence-corrected chi connectivity index (χ3v) is 8.69. The summed E-state index contributed by atoms with van der Waals surface area (Å²) in [4.78, 5) is 4.98. The van der Waals surface area contributed by atoms with E-state index in [0.29, 0.717) is 5.54 Å². The van der Waals surface area contributed by atoms with E-state index in [-0.39, 0.29) is 48.0 Å². The zero-order chi connectivity index (χ0) is 26.7. The van der Waals surface area contributed by atoms with Crippen molar-refractivity contribution >= 4 is 48.0 Å². The lowest BCUT2D eigenvalue weighted by Gasteiger charge is -2.41. The summed E-state index contributed by atoms with van der Waals surface area (Å²) in [5.74, 6) is 0. The van der Waals surface area contributed by atoms with Gasteiger partial charge < -0.3 is 9.80 Å². The van der Waals surface area contributed by atoms with Crippen molar-refractivity contribution in [1.82, 2.24) is 9.80 Å². The molecule has 0 atom stereocenters. The van der Waals surface area contributed by atoms with Gasteiger partial charge in [0.25, 0.3) is 0 Å². The Hall–Kier alpha value is 1.38. The molecule has 2 nitrogen and oxygen atoms in total. The van der Waals surface area contributed by atoms with E-state index in [4.69, 9.17) is 0 Å². The second kappa shape index (κ2) is 32.9. The number of unbranched alkanes of at least 4 members (excludes halogenated alkanes) is 20. The van der Waals surface area contributed by atoms with E-state index in [2.05, 4.69) is 51.8 Å². The Labute approximate surface area is 277 Å². The molecule has 0 aliphatic carbocycles. The molecule has 0 fully saturated rings. The molecule has 0 aromatic rings. The molecule has 0 rings (SSSR count). The van der Waals surface area contributed by atoms with E-state index in [1.807, 2.05) is 0 Å². The molecule has 0 unspecified atom stereocenters. The highest BCUT2D eigenvalue weighted by Gasteiger charge is 2.30. The van der Waals surface area contributed by atoms with Crippen LogP contribution in [0.1, 0.15) is 181 Å². The summed E-state index contributed by atoms with van der Waals surface area (Å²) >= 11 is 0. The Morgan fingerprint density at radius 2 is 0.632 bits per heavy atom. The third kappa shape index (κ3) is 27.5. The van der Waals surface area contributed by atoms with Crippen LogP contribution in [-0.2, 0) is 0 Å². The molecular formula is C34H74I2N2. The van der Waals surface area contributed by atoms with Crippen LogP contribution in [0.5, 0.6) is 0 Å². The number of nitrogens with zero attached hydrogens (tertiary/aromatic N) is 2. The summed E-state index contributed by atoms with van der Waals surface area (Å²) < 4.78 is 0. The molecule has 4 heteroatoms. The molecule has 0 aromatic heterocycles. The molecule has 0 heterocycles. The van der Waals surface area contributed by atoms with Gasteiger partial charge in [0.1, 0.15) is 0 Å². The average Bonchev–Trinajstić information content (AvgIpc) is 2.85. The predicted octanol–water partition coefficient (Wildman–Crippen LogP) is 12.3. The van der Waals surface area contributed by atoms with Crippen molar-refractivity contribution in [1.29, 1.82) is 0 Å². The van der Waals surface area contributed by atoms with E-state index in [0.717, 1.165) is 0 Å². The summed E-state index contributed by atoms with van der Waals surface area (Å²) in [5.41, 5.74) is 0.443. The van der Waals surface area contributed by atoms with Gasteiger partial charge in [-0.25, -0.2) is 0 Å². The van der Waals surface area contributed by atoms with E-state index in [1.54, 1.807) is 0 Å². The number of hydrogen-bond donors (Lipinski definition) is 0. The molecule has 38 heavy (non-hydrogen) atoms. The Morgan fingerprint density at radius 3 is 0.895 bits per heavy atom.